The van der Waals surface area contributed by atoms with E-state index in [1.807, 2.05) is 12.1 Å². The van der Waals surface area contributed by atoms with Gasteiger partial charge >= 0.3 is 0 Å². The van der Waals surface area contributed by atoms with Crippen molar-refractivity contribution in [2.75, 3.05) is 0 Å². The second kappa shape index (κ2) is 10.6. The van der Waals surface area contributed by atoms with Crippen molar-refractivity contribution in [3.8, 4) is 56.4 Å². The predicted molar refractivity (Wildman–Crippen MR) is 212 cm³/mol. The minimum atomic E-state index is -0.161. The van der Waals surface area contributed by atoms with Gasteiger partial charge in [-0.2, -0.15) is 0 Å². The number of aromatic nitrogens is 3. The van der Waals surface area contributed by atoms with E-state index in [1.54, 1.807) is 6.08 Å². The van der Waals surface area contributed by atoms with Gasteiger partial charge in [-0.25, -0.2) is 15.0 Å². The van der Waals surface area contributed by atoms with E-state index < -0.39 is 0 Å². The number of allylic oxidation sites excluding steroid dienone is 1. The van der Waals surface area contributed by atoms with E-state index in [4.69, 9.17) is 25.8 Å². The van der Waals surface area contributed by atoms with Crippen LogP contribution in [0.15, 0.2) is 121 Å². The second-order valence-corrected chi connectivity index (χ2v) is 15.3. The zero-order chi connectivity index (χ0) is 35.5. The Hall–Kier alpha value is -6.33. The molecule has 52 heavy (non-hydrogen) atoms. The van der Waals surface area contributed by atoms with Gasteiger partial charge in [0.1, 0.15) is 0 Å². The summed E-state index contributed by atoms with van der Waals surface area (Å²) in [7, 11) is 0. The van der Waals surface area contributed by atoms with Gasteiger partial charge in [0.05, 0.1) is 11.4 Å². The molecule has 0 saturated heterocycles. The largest absolute Gasteiger partial charge is 0.299 e. The highest BCUT2D eigenvalue weighted by Gasteiger charge is 2.37. The molecule has 3 aliphatic rings. The summed E-state index contributed by atoms with van der Waals surface area (Å²) in [5, 5.41) is 19.1. The Balaban J connectivity index is 1.18. The lowest BCUT2D eigenvalue weighted by Gasteiger charge is -2.22. The summed E-state index contributed by atoms with van der Waals surface area (Å²) in [6.45, 7) is 9.16. The van der Waals surface area contributed by atoms with E-state index in [1.165, 1.54) is 44.5 Å². The molecule has 1 aromatic heterocycles. The Labute approximate surface area is 302 Å². The molecule has 1 heterocycles. The number of nitrogens with zero attached hydrogens (tertiary/aromatic N) is 3. The Morgan fingerprint density at radius 2 is 0.923 bits per heavy atom. The lowest BCUT2D eigenvalue weighted by Crippen LogP contribution is -2.16. The summed E-state index contributed by atoms with van der Waals surface area (Å²) in [4.78, 5) is 15.6. The van der Waals surface area contributed by atoms with E-state index in [9.17, 15) is 0 Å². The first-order valence-corrected chi connectivity index (χ1v) is 17.8. The molecule has 5 heteroatoms. The fourth-order valence-corrected chi connectivity index (χ4v) is 8.73. The average Bonchev–Trinajstić information content (AvgIpc) is 3.54. The summed E-state index contributed by atoms with van der Waals surface area (Å²) in [6.07, 6.45) is 3.61. The number of hydrogen-bond acceptors (Lipinski definition) is 5. The molecule has 10 rings (SSSR count). The zero-order valence-corrected chi connectivity index (χ0v) is 29.5. The van der Waals surface area contributed by atoms with Crippen LogP contribution in [0.3, 0.4) is 0 Å². The molecule has 7 aromatic rings. The van der Waals surface area contributed by atoms with Gasteiger partial charge in [-0.15, -0.1) is 0 Å². The molecule has 0 fully saturated rings. The van der Waals surface area contributed by atoms with Gasteiger partial charge in [-0.05, 0) is 85.1 Å². The Bertz CT molecular complexity index is 2660. The van der Waals surface area contributed by atoms with Crippen molar-refractivity contribution in [3.63, 3.8) is 0 Å². The monoisotopic (exact) mass is 669 g/mol. The van der Waals surface area contributed by atoms with Crippen LogP contribution in [-0.4, -0.2) is 26.4 Å². The van der Waals surface area contributed by atoms with Gasteiger partial charge in [0.15, 0.2) is 17.5 Å². The van der Waals surface area contributed by atoms with Crippen molar-refractivity contribution in [3.05, 3.63) is 155 Å². The molecule has 3 aliphatic carbocycles. The van der Waals surface area contributed by atoms with Crippen LogP contribution >= 0.6 is 0 Å². The number of fused-ring (bicyclic) bond motifs is 9. The van der Waals surface area contributed by atoms with Gasteiger partial charge in [0.25, 0.3) is 0 Å². The second-order valence-electron chi connectivity index (χ2n) is 15.3. The maximum absolute atomic E-state index is 8.79. The molecule has 0 unspecified atom stereocenters. The lowest BCUT2D eigenvalue weighted by molar-refractivity contribution is 0.660. The maximum atomic E-state index is 8.79. The molecular formula is C47H35N5. The average molecular weight is 670 g/mol. The summed E-state index contributed by atoms with van der Waals surface area (Å²) in [6, 6.07) is 40.9. The van der Waals surface area contributed by atoms with Gasteiger partial charge in [-0.1, -0.05) is 131 Å². The predicted octanol–water partition coefficient (Wildman–Crippen LogP) is 11.1. The van der Waals surface area contributed by atoms with Crippen LogP contribution in [0.5, 0.6) is 0 Å². The quantitative estimate of drug-likeness (QED) is 0.196. The normalized spacial score (nSPS) is 15.6. The van der Waals surface area contributed by atoms with Crippen molar-refractivity contribution in [2.24, 2.45) is 0 Å². The molecule has 0 aliphatic heterocycles. The van der Waals surface area contributed by atoms with E-state index in [-0.39, 0.29) is 22.3 Å². The molecule has 0 saturated carbocycles. The molecule has 0 amide bonds. The molecule has 0 atom stereocenters. The van der Waals surface area contributed by atoms with Crippen molar-refractivity contribution in [2.45, 2.75) is 38.5 Å². The molecule has 6 aromatic carbocycles. The maximum Gasteiger partial charge on any atom is 0.164 e. The van der Waals surface area contributed by atoms with Crippen LogP contribution in [0.25, 0.3) is 73.3 Å². The Morgan fingerprint density at radius 1 is 0.462 bits per heavy atom. The first-order valence-electron chi connectivity index (χ1n) is 17.8. The third-order valence-corrected chi connectivity index (χ3v) is 11.6. The van der Waals surface area contributed by atoms with Gasteiger partial charge in [-0.3, -0.25) is 10.8 Å². The Kier molecular flexibility index (Phi) is 6.21. The third-order valence-electron chi connectivity index (χ3n) is 11.6. The number of rotatable bonds is 3. The molecular weight excluding hydrogens is 635 g/mol. The summed E-state index contributed by atoms with van der Waals surface area (Å²) in [5.74, 6) is 1.80. The molecule has 248 valence electrons. The molecule has 0 bridgehead atoms. The fourth-order valence-electron chi connectivity index (χ4n) is 8.73. The SMILES string of the molecule is CC1(C)c2ccccc2-c2ccc(-c3nc(-c4ccc5c(c4)C(C)(C)c4ccccc4-5)nc(-c4ccc5ccc6c(c5c4)C(=N)C(=N)C=C6)n3)cc21. The van der Waals surface area contributed by atoms with Crippen LogP contribution in [0, 0.1) is 10.8 Å². The van der Waals surface area contributed by atoms with Crippen LogP contribution in [0.2, 0.25) is 0 Å². The molecule has 2 N–H and O–H groups in total. The smallest absolute Gasteiger partial charge is 0.164 e. The van der Waals surface area contributed by atoms with Crippen LogP contribution < -0.4 is 0 Å². The van der Waals surface area contributed by atoms with Crippen LogP contribution in [0.4, 0.5) is 0 Å². The number of benzene rings is 6. The zero-order valence-electron chi connectivity index (χ0n) is 29.5. The first kappa shape index (κ1) is 30.5. The fraction of sp³-hybridized carbons (Fsp3) is 0.128. The third kappa shape index (κ3) is 4.26. The lowest BCUT2D eigenvalue weighted by atomic mass is 9.82. The first-order chi connectivity index (χ1) is 25.1. The Morgan fingerprint density at radius 3 is 1.48 bits per heavy atom. The minimum absolute atomic E-state index is 0.161. The highest BCUT2D eigenvalue weighted by Crippen LogP contribution is 2.51. The van der Waals surface area contributed by atoms with Gasteiger partial charge in [0.2, 0.25) is 0 Å². The van der Waals surface area contributed by atoms with E-state index >= 15 is 0 Å². The van der Waals surface area contributed by atoms with E-state index in [0.29, 0.717) is 17.5 Å². The highest BCUT2D eigenvalue weighted by atomic mass is 15.0. The minimum Gasteiger partial charge on any atom is -0.299 e. The van der Waals surface area contributed by atoms with Crippen LogP contribution in [-0.2, 0) is 10.8 Å². The van der Waals surface area contributed by atoms with E-state index in [0.717, 1.165) is 38.6 Å². The van der Waals surface area contributed by atoms with Crippen molar-refractivity contribution in [1.82, 2.24) is 15.0 Å². The van der Waals surface area contributed by atoms with Gasteiger partial charge in [0, 0.05) is 33.1 Å². The summed E-state index contributed by atoms with van der Waals surface area (Å²) < 4.78 is 0. The van der Waals surface area contributed by atoms with Crippen molar-refractivity contribution in [1.29, 1.82) is 10.8 Å². The van der Waals surface area contributed by atoms with Crippen molar-refractivity contribution >= 4 is 28.3 Å². The number of hydrogen-bond donors (Lipinski definition) is 2. The standard InChI is InChI=1S/C47H35N5/c1-46(2)36-11-7-5-9-31(36)33-20-17-29(24-38(33)46)44-50-43(28-16-14-26-13-15-27-19-22-40(48)42(49)41(27)35(26)23-28)51-45(52-44)30-18-21-34-32-10-6-8-12-37(32)47(3,4)39(34)25-30/h5-25,48-49H,1-4H3. The van der Waals surface area contributed by atoms with E-state index in [2.05, 4.69) is 137 Å². The van der Waals surface area contributed by atoms with Crippen molar-refractivity contribution < 1.29 is 0 Å². The van der Waals surface area contributed by atoms with Gasteiger partial charge < -0.3 is 0 Å². The highest BCUT2D eigenvalue weighted by molar-refractivity contribution is 6.53. The number of nitrogens with one attached hydrogen (secondary N) is 2. The molecule has 0 spiro atoms. The molecule has 5 nitrogen and oxygen atoms in total. The summed E-state index contributed by atoms with van der Waals surface area (Å²) >= 11 is 0. The molecule has 0 radical (unpaired) electrons. The summed E-state index contributed by atoms with van der Waals surface area (Å²) in [5.41, 5.74) is 14.8. The van der Waals surface area contributed by atoms with Crippen LogP contribution in [0.1, 0.15) is 61.1 Å². The topological polar surface area (TPSA) is 86.4 Å².